The van der Waals surface area contributed by atoms with E-state index in [2.05, 4.69) is 5.32 Å². The van der Waals surface area contributed by atoms with Gasteiger partial charge in [-0.1, -0.05) is 42.6 Å². The third kappa shape index (κ3) is 5.10. The van der Waals surface area contributed by atoms with E-state index < -0.39 is 10.0 Å². The van der Waals surface area contributed by atoms with Crippen LogP contribution in [0.3, 0.4) is 0 Å². The molecule has 0 aromatic heterocycles. The normalized spacial score (nSPS) is 15.5. The van der Waals surface area contributed by atoms with E-state index in [1.165, 1.54) is 22.5 Å². The maximum absolute atomic E-state index is 13.1. The lowest BCUT2D eigenvalue weighted by molar-refractivity contribution is 0.0950. The molecule has 3 rings (SSSR count). The smallest absolute Gasteiger partial charge is 0.251 e. The molecule has 0 saturated carbocycles. The molecule has 0 bridgehead atoms. The summed E-state index contributed by atoms with van der Waals surface area (Å²) in [5, 5.41) is 2.93. The standard InChI is InChI=1S/C21H25ClN2O4S/c1-28-19-9-5-4-8-17(19)15-23-21(25)16-10-11-18(22)20(14-16)29(26,27)24-12-6-2-3-7-13-24/h4-5,8-11,14H,2-3,6-7,12-13,15H2,1H3,(H,23,25). The van der Waals surface area contributed by atoms with E-state index in [1.807, 2.05) is 24.3 Å². The van der Waals surface area contributed by atoms with Crippen LogP contribution in [0.25, 0.3) is 0 Å². The van der Waals surface area contributed by atoms with E-state index in [-0.39, 0.29) is 27.9 Å². The molecule has 2 aromatic carbocycles. The Morgan fingerprint density at radius 1 is 1.10 bits per heavy atom. The van der Waals surface area contributed by atoms with E-state index in [1.54, 1.807) is 7.11 Å². The largest absolute Gasteiger partial charge is 0.496 e. The van der Waals surface area contributed by atoms with Crippen LogP contribution in [0.15, 0.2) is 47.4 Å². The zero-order valence-electron chi connectivity index (χ0n) is 16.4. The Kier molecular flexibility index (Phi) is 7.16. The van der Waals surface area contributed by atoms with Gasteiger partial charge < -0.3 is 10.1 Å². The van der Waals surface area contributed by atoms with Crippen LogP contribution in [0.2, 0.25) is 5.02 Å². The minimum atomic E-state index is -3.75. The molecule has 6 nitrogen and oxygen atoms in total. The Labute approximate surface area is 176 Å². The number of ether oxygens (including phenoxy) is 1. The van der Waals surface area contributed by atoms with Crippen LogP contribution in [0.5, 0.6) is 5.75 Å². The third-order valence-corrected chi connectivity index (χ3v) is 7.39. The average Bonchev–Trinajstić information content (AvgIpc) is 3.02. The van der Waals surface area contributed by atoms with Crippen molar-refractivity contribution in [3.8, 4) is 5.75 Å². The summed E-state index contributed by atoms with van der Waals surface area (Å²) in [6.45, 7) is 1.21. The van der Waals surface area contributed by atoms with E-state index in [0.717, 1.165) is 31.2 Å². The van der Waals surface area contributed by atoms with Crippen molar-refractivity contribution in [3.05, 3.63) is 58.6 Å². The summed E-state index contributed by atoms with van der Waals surface area (Å²) in [7, 11) is -2.18. The van der Waals surface area contributed by atoms with Gasteiger partial charge in [0, 0.05) is 30.8 Å². The van der Waals surface area contributed by atoms with Gasteiger partial charge >= 0.3 is 0 Å². The van der Waals surface area contributed by atoms with E-state index in [0.29, 0.717) is 18.8 Å². The first-order valence-electron chi connectivity index (χ1n) is 9.63. The predicted molar refractivity (Wildman–Crippen MR) is 113 cm³/mol. The molecule has 1 saturated heterocycles. The molecule has 1 fully saturated rings. The molecule has 2 aromatic rings. The Morgan fingerprint density at radius 3 is 2.48 bits per heavy atom. The molecule has 29 heavy (non-hydrogen) atoms. The van der Waals surface area contributed by atoms with Crippen LogP contribution in [0.1, 0.15) is 41.6 Å². The van der Waals surface area contributed by atoms with Crippen molar-refractivity contribution in [2.45, 2.75) is 37.1 Å². The predicted octanol–water partition coefficient (Wildman–Crippen LogP) is 3.84. The van der Waals surface area contributed by atoms with Crippen LogP contribution in [0, 0.1) is 0 Å². The number of hydrogen-bond acceptors (Lipinski definition) is 4. The molecule has 1 aliphatic heterocycles. The zero-order chi connectivity index (χ0) is 20.9. The van der Waals surface area contributed by atoms with Gasteiger partial charge in [-0.3, -0.25) is 4.79 Å². The quantitative estimate of drug-likeness (QED) is 0.746. The summed E-state index contributed by atoms with van der Waals surface area (Å²) in [5.74, 6) is 0.299. The lowest BCUT2D eigenvalue weighted by Gasteiger charge is -2.21. The van der Waals surface area contributed by atoms with Gasteiger partial charge in [-0.15, -0.1) is 0 Å². The molecule has 8 heteroatoms. The number of benzene rings is 2. The molecule has 0 radical (unpaired) electrons. The van der Waals surface area contributed by atoms with Crippen LogP contribution < -0.4 is 10.1 Å². The van der Waals surface area contributed by atoms with Crippen LogP contribution in [0.4, 0.5) is 0 Å². The number of methoxy groups -OCH3 is 1. The molecule has 1 heterocycles. The number of rotatable bonds is 6. The summed E-state index contributed by atoms with van der Waals surface area (Å²) in [4.78, 5) is 12.6. The highest BCUT2D eigenvalue weighted by molar-refractivity contribution is 7.89. The number of carbonyl (C=O) groups excluding carboxylic acids is 1. The second-order valence-corrected chi connectivity index (χ2v) is 9.27. The van der Waals surface area contributed by atoms with E-state index in [4.69, 9.17) is 16.3 Å². The maximum Gasteiger partial charge on any atom is 0.251 e. The Bertz CT molecular complexity index is 970. The van der Waals surface area contributed by atoms with Crippen molar-refractivity contribution in [2.75, 3.05) is 20.2 Å². The zero-order valence-corrected chi connectivity index (χ0v) is 17.9. The van der Waals surface area contributed by atoms with Gasteiger partial charge in [0.1, 0.15) is 10.6 Å². The van der Waals surface area contributed by atoms with Gasteiger partial charge in [0.05, 0.1) is 12.1 Å². The van der Waals surface area contributed by atoms with Crippen LogP contribution in [-0.4, -0.2) is 38.8 Å². The average molecular weight is 437 g/mol. The first-order valence-corrected chi connectivity index (χ1v) is 11.4. The van der Waals surface area contributed by atoms with Crippen molar-refractivity contribution in [2.24, 2.45) is 0 Å². The topological polar surface area (TPSA) is 75.7 Å². The van der Waals surface area contributed by atoms with Crippen molar-refractivity contribution < 1.29 is 17.9 Å². The van der Waals surface area contributed by atoms with Gasteiger partial charge in [0.25, 0.3) is 5.91 Å². The molecule has 156 valence electrons. The SMILES string of the molecule is COc1ccccc1CNC(=O)c1ccc(Cl)c(S(=O)(=O)N2CCCCCC2)c1. The maximum atomic E-state index is 13.1. The van der Waals surface area contributed by atoms with Crippen LogP contribution in [-0.2, 0) is 16.6 Å². The molecule has 1 aliphatic rings. The third-order valence-electron chi connectivity index (χ3n) is 5.01. The molecule has 0 atom stereocenters. The molecule has 1 amide bonds. The number of nitrogens with zero attached hydrogens (tertiary/aromatic N) is 1. The van der Waals surface area contributed by atoms with E-state index >= 15 is 0 Å². The van der Waals surface area contributed by atoms with Crippen molar-refractivity contribution >= 4 is 27.5 Å². The number of nitrogens with one attached hydrogen (secondary N) is 1. The lowest BCUT2D eigenvalue weighted by atomic mass is 10.1. The Hall–Kier alpha value is -2.09. The molecule has 0 aliphatic carbocycles. The van der Waals surface area contributed by atoms with E-state index in [9.17, 15) is 13.2 Å². The minimum Gasteiger partial charge on any atom is -0.496 e. The number of para-hydroxylation sites is 1. The molecular weight excluding hydrogens is 412 g/mol. The summed E-state index contributed by atoms with van der Waals surface area (Å²) >= 11 is 6.20. The molecule has 0 spiro atoms. The Balaban J connectivity index is 1.80. The van der Waals surface area contributed by atoms with Gasteiger partial charge in [-0.05, 0) is 37.1 Å². The van der Waals surface area contributed by atoms with Crippen molar-refractivity contribution in [3.63, 3.8) is 0 Å². The number of carbonyl (C=O) groups is 1. The summed E-state index contributed by atoms with van der Waals surface area (Å²) in [6, 6.07) is 11.7. The first-order chi connectivity index (χ1) is 13.9. The highest BCUT2D eigenvalue weighted by Gasteiger charge is 2.28. The highest BCUT2D eigenvalue weighted by atomic mass is 35.5. The molecular formula is C21H25ClN2O4S. The van der Waals surface area contributed by atoms with Gasteiger partial charge in [0.2, 0.25) is 10.0 Å². The second kappa shape index (κ2) is 9.61. The van der Waals surface area contributed by atoms with Gasteiger partial charge in [0.15, 0.2) is 0 Å². The summed E-state index contributed by atoms with van der Waals surface area (Å²) in [6.07, 6.45) is 3.70. The highest BCUT2D eigenvalue weighted by Crippen LogP contribution is 2.28. The fourth-order valence-corrected chi connectivity index (χ4v) is 5.41. The first kappa shape index (κ1) is 21.6. The number of hydrogen-bond donors (Lipinski definition) is 1. The van der Waals surface area contributed by atoms with Gasteiger partial charge in [-0.2, -0.15) is 4.31 Å². The lowest BCUT2D eigenvalue weighted by Crippen LogP contribution is -2.32. The van der Waals surface area contributed by atoms with Crippen molar-refractivity contribution in [1.29, 1.82) is 0 Å². The van der Waals surface area contributed by atoms with Gasteiger partial charge in [-0.25, -0.2) is 8.42 Å². The monoisotopic (exact) mass is 436 g/mol. The fraction of sp³-hybridized carbons (Fsp3) is 0.381. The van der Waals surface area contributed by atoms with Crippen LogP contribution >= 0.6 is 11.6 Å². The fourth-order valence-electron chi connectivity index (χ4n) is 3.39. The minimum absolute atomic E-state index is 0.0222. The second-order valence-electron chi connectivity index (χ2n) is 6.96. The number of amides is 1. The summed E-state index contributed by atoms with van der Waals surface area (Å²) < 4.78 is 32.9. The number of halogens is 1. The summed E-state index contributed by atoms with van der Waals surface area (Å²) in [5.41, 5.74) is 1.08. The molecule has 0 unspecified atom stereocenters. The number of sulfonamides is 1. The van der Waals surface area contributed by atoms with Crippen molar-refractivity contribution in [1.82, 2.24) is 9.62 Å². The Morgan fingerprint density at radius 2 is 1.79 bits per heavy atom. The molecule has 1 N–H and O–H groups in total.